The molecule has 8 heteroatoms. The number of piperazine rings is 1. The molecule has 30 heavy (non-hydrogen) atoms. The van der Waals surface area contributed by atoms with Crippen LogP contribution in [0.25, 0.3) is 5.65 Å². The molecule has 0 radical (unpaired) electrons. The van der Waals surface area contributed by atoms with Crippen molar-refractivity contribution in [1.29, 1.82) is 0 Å². The van der Waals surface area contributed by atoms with Gasteiger partial charge in [-0.3, -0.25) is 4.79 Å². The quantitative estimate of drug-likeness (QED) is 0.717. The van der Waals surface area contributed by atoms with E-state index in [1.165, 1.54) is 18.3 Å². The Kier molecular flexibility index (Phi) is 5.42. The average Bonchev–Trinajstić information content (AvgIpc) is 3.13. The second-order valence-corrected chi connectivity index (χ2v) is 8.02. The highest BCUT2D eigenvalue weighted by Gasteiger charge is 2.23. The van der Waals surface area contributed by atoms with Crippen LogP contribution in [0.4, 0.5) is 10.1 Å². The normalized spacial score (nSPS) is 16.1. The van der Waals surface area contributed by atoms with Crippen LogP contribution < -0.4 is 10.2 Å². The lowest BCUT2D eigenvalue weighted by molar-refractivity contribution is 0.0941. The standard InChI is InChI=1S/C22H27FN6O/c1-14-11-15(2)29-21(25-14)19(13-24-29)22(30)26-16(3)18-12-17(23)5-6-20(18)28-9-7-27(4)8-10-28/h5-6,11-13,16H,7-10H2,1-4H3,(H,26,30). The van der Waals surface area contributed by atoms with E-state index in [1.54, 1.807) is 4.52 Å². The summed E-state index contributed by atoms with van der Waals surface area (Å²) in [6.07, 6.45) is 1.53. The van der Waals surface area contributed by atoms with E-state index in [0.29, 0.717) is 11.2 Å². The smallest absolute Gasteiger partial charge is 0.257 e. The maximum Gasteiger partial charge on any atom is 0.257 e. The third-order valence-electron chi connectivity index (χ3n) is 5.67. The molecule has 1 aliphatic rings. The summed E-state index contributed by atoms with van der Waals surface area (Å²) in [5.74, 6) is -0.587. The summed E-state index contributed by atoms with van der Waals surface area (Å²) in [6.45, 7) is 9.32. The predicted molar refractivity (Wildman–Crippen MR) is 114 cm³/mol. The van der Waals surface area contributed by atoms with Crippen molar-refractivity contribution >= 4 is 17.2 Å². The monoisotopic (exact) mass is 410 g/mol. The molecule has 0 aliphatic carbocycles. The van der Waals surface area contributed by atoms with E-state index in [-0.39, 0.29) is 17.8 Å². The highest BCUT2D eigenvalue weighted by atomic mass is 19.1. The molecule has 4 rings (SSSR count). The van der Waals surface area contributed by atoms with Crippen molar-refractivity contribution < 1.29 is 9.18 Å². The number of fused-ring (bicyclic) bond motifs is 1. The molecule has 0 spiro atoms. The van der Waals surface area contributed by atoms with E-state index in [4.69, 9.17) is 0 Å². The first-order valence-corrected chi connectivity index (χ1v) is 10.2. The molecule has 0 saturated carbocycles. The van der Waals surface area contributed by atoms with E-state index in [9.17, 15) is 9.18 Å². The Labute approximate surface area is 175 Å². The largest absolute Gasteiger partial charge is 0.369 e. The number of hydrogen-bond donors (Lipinski definition) is 1. The highest BCUT2D eigenvalue weighted by Crippen LogP contribution is 2.28. The van der Waals surface area contributed by atoms with Gasteiger partial charge in [0.2, 0.25) is 0 Å². The number of rotatable bonds is 4. The first-order chi connectivity index (χ1) is 14.3. The van der Waals surface area contributed by atoms with E-state index in [1.807, 2.05) is 32.9 Å². The van der Waals surface area contributed by atoms with Crippen molar-refractivity contribution in [2.45, 2.75) is 26.8 Å². The highest BCUT2D eigenvalue weighted by molar-refractivity contribution is 6.00. The van der Waals surface area contributed by atoms with E-state index >= 15 is 0 Å². The average molecular weight is 410 g/mol. The van der Waals surface area contributed by atoms with Crippen molar-refractivity contribution in [3.8, 4) is 0 Å². The van der Waals surface area contributed by atoms with Gasteiger partial charge in [-0.1, -0.05) is 0 Å². The zero-order valence-corrected chi connectivity index (χ0v) is 17.8. The minimum Gasteiger partial charge on any atom is -0.369 e. The first-order valence-electron chi connectivity index (χ1n) is 10.2. The van der Waals surface area contributed by atoms with Crippen molar-refractivity contribution in [2.24, 2.45) is 0 Å². The van der Waals surface area contributed by atoms with E-state index in [2.05, 4.69) is 32.2 Å². The van der Waals surface area contributed by atoms with Gasteiger partial charge in [0, 0.05) is 48.8 Å². The summed E-state index contributed by atoms with van der Waals surface area (Å²) in [5.41, 5.74) is 4.39. The van der Waals surface area contributed by atoms with Gasteiger partial charge in [0.25, 0.3) is 5.91 Å². The van der Waals surface area contributed by atoms with Gasteiger partial charge in [-0.05, 0) is 52.1 Å². The van der Waals surface area contributed by atoms with Gasteiger partial charge < -0.3 is 15.1 Å². The van der Waals surface area contributed by atoms with Crippen LogP contribution in [0.5, 0.6) is 0 Å². The maximum atomic E-state index is 14.1. The van der Waals surface area contributed by atoms with Crippen LogP contribution in [-0.4, -0.2) is 58.6 Å². The number of aryl methyl sites for hydroxylation is 2. The van der Waals surface area contributed by atoms with Gasteiger partial charge in [0.1, 0.15) is 11.4 Å². The Morgan fingerprint density at radius 3 is 2.63 bits per heavy atom. The minimum atomic E-state index is -0.372. The molecular weight excluding hydrogens is 383 g/mol. The lowest BCUT2D eigenvalue weighted by Gasteiger charge is -2.36. The lowest BCUT2D eigenvalue weighted by atomic mass is 10.0. The van der Waals surface area contributed by atoms with Crippen LogP contribution in [0, 0.1) is 19.7 Å². The summed E-state index contributed by atoms with van der Waals surface area (Å²) in [7, 11) is 2.10. The third-order valence-corrected chi connectivity index (χ3v) is 5.67. The Bertz CT molecular complexity index is 1090. The minimum absolute atomic E-state index is 0.274. The fraction of sp³-hybridized carbons (Fsp3) is 0.409. The number of hydrogen-bond acceptors (Lipinski definition) is 5. The fourth-order valence-electron chi connectivity index (χ4n) is 3.99. The van der Waals surface area contributed by atoms with Gasteiger partial charge in [-0.2, -0.15) is 5.10 Å². The molecule has 7 nitrogen and oxygen atoms in total. The van der Waals surface area contributed by atoms with Gasteiger partial charge in [-0.15, -0.1) is 0 Å². The molecule has 3 aromatic rings. The van der Waals surface area contributed by atoms with E-state index in [0.717, 1.165) is 48.8 Å². The first kappa shape index (κ1) is 20.3. The number of benzene rings is 1. The Balaban J connectivity index is 1.60. The van der Waals surface area contributed by atoms with Gasteiger partial charge in [-0.25, -0.2) is 13.9 Å². The van der Waals surface area contributed by atoms with Crippen molar-refractivity contribution in [3.63, 3.8) is 0 Å². The molecule has 1 atom stereocenters. The number of nitrogens with zero attached hydrogens (tertiary/aromatic N) is 5. The van der Waals surface area contributed by atoms with Crippen LogP contribution in [0.2, 0.25) is 0 Å². The van der Waals surface area contributed by atoms with Crippen LogP contribution in [-0.2, 0) is 0 Å². The number of carbonyl (C=O) groups excluding carboxylic acids is 1. The molecule has 1 aromatic carbocycles. The summed E-state index contributed by atoms with van der Waals surface area (Å²) >= 11 is 0. The predicted octanol–water partition coefficient (Wildman–Crippen LogP) is 2.73. The molecule has 0 bridgehead atoms. The van der Waals surface area contributed by atoms with Crippen LogP contribution in [0.15, 0.2) is 30.5 Å². The molecule has 1 aliphatic heterocycles. The molecule has 1 fully saturated rings. The molecule has 2 aromatic heterocycles. The van der Waals surface area contributed by atoms with Crippen molar-refractivity contribution in [2.75, 3.05) is 38.1 Å². The molecule has 1 N–H and O–H groups in total. The second-order valence-electron chi connectivity index (χ2n) is 8.02. The van der Waals surface area contributed by atoms with E-state index < -0.39 is 0 Å². The summed E-state index contributed by atoms with van der Waals surface area (Å²) in [4.78, 5) is 22.0. The zero-order chi connectivity index (χ0) is 21.4. The second kappa shape index (κ2) is 8.02. The molecule has 1 saturated heterocycles. The topological polar surface area (TPSA) is 65.8 Å². The molecule has 1 amide bonds. The number of nitrogens with one attached hydrogen (secondary N) is 1. The van der Waals surface area contributed by atoms with Gasteiger partial charge in [0.15, 0.2) is 5.65 Å². The maximum absolute atomic E-state index is 14.1. The molecule has 3 heterocycles. The van der Waals surface area contributed by atoms with Gasteiger partial charge in [0.05, 0.1) is 12.2 Å². The Morgan fingerprint density at radius 2 is 1.90 bits per heavy atom. The van der Waals surface area contributed by atoms with Crippen molar-refractivity contribution in [3.05, 3.63) is 58.8 Å². The number of halogens is 1. The lowest BCUT2D eigenvalue weighted by Crippen LogP contribution is -2.45. The molecule has 1 unspecified atom stereocenters. The van der Waals surface area contributed by atoms with Crippen molar-refractivity contribution in [1.82, 2.24) is 24.8 Å². The summed E-state index contributed by atoms with van der Waals surface area (Å²) in [6, 6.07) is 6.35. The Morgan fingerprint density at radius 1 is 1.17 bits per heavy atom. The number of likely N-dealkylation sites (N-methyl/N-ethyl adjacent to an activating group) is 1. The zero-order valence-electron chi connectivity index (χ0n) is 17.8. The SMILES string of the molecule is Cc1cc(C)n2ncc(C(=O)NC(C)c3cc(F)ccc3N3CCN(C)CC3)c2n1. The number of amides is 1. The fourth-order valence-corrected chi connectivity index (χ4v) is 3.99. The van der Waals surface area contributed by atoms with Crippen LogP contribution in [0.1, 0.15) is 40.3 Å². The van der Waals surface area contributed by atoms with Crippen LogP contribution >= 0.6 is 0 Å². The van der Waals surface area contributed by atoms with Crippen LogP contribution in [0.3, 0.4) is 0 Å². The molecular formula is C22H27FN6O. The number of anilines is 1. The number of aromatic nitrogens is 3. The summed E-state index contributed by atoms with van der Waals surface area (Å²) in [5, 5.41) is 7.30. The number of carbonyl (C=O) groups is 1. The Hall–Kier alpha value is -3.00. The molecule has 158 valence electrons. The van der Waals surface area contributed by atoms with Gasteiger partial charge >= 0.3 is 0 Å². The third kappa shape index (κ3) is 3.87. The summed E-state index contributed by atoms with van der Waals surface area (Å²) < 4.78 is 15.7.